The minimum Gasteiger partial charge on any atom is -0.507 e. The lowest BCUT2D eigenvalue weighted by Gasteiger charge is -2.12. The van der Waals surface area contributed by atoms with Crippen molar-refractivity contribution in [3.63, 3.8) is 0 Å². The van der Waals surface area contributed by atoms with Crippen LogP contribution in [0.5, 0.6) is 17.2 Å². The lowest BCUT2D eigenvalue weighted by atomic mass is 10.0. The van der Waals surface area contributed by atoms with Crippen molar-refractivity contribution in [2.45, 2.75) is 58.1 Å². The molecule has 0 saturated carbocycles. The molecule has 0 unspecified atom stereocenters. The van der Waals surface area contributed by atoms with Crippen molar-refractivity contribution >= 4 is 82.0 Å². The van der Waals surface area contributed by atoms with Gasteiger partial charge in [-0.3, -0.25) is 84.9 Å². The number of nitrogens with zero attached hydrogens (tertiary/aromatic N) is 13. The maximum absolute atomic E-state index is 13.1. The quantitative estimate of drug-likeness (QED) is 0.0213. The number of aromatic amines is 10. The summed E-state index contributed by atoms with van der Waals surface area (Å²) >= 11 is 24.9. The molecule has 49 heteroatoms. The normalized spacial score (nSPS) is 11.4. The van der Waals surface area contributed by atoms with Crippen molar-refractivity contribution in [3.8, 4) is 130 Å². The lowest BCUT2D eigenvalue weighted by Crippen LogP contribution is -2.23. The highest BCUT2D eigenvalue weighted by Crippen LogP contribution is 2.43. The summed E-state index contributed by atoms with van der Waals surface area (Å²) in [6, 6.07) is 52.5. The number of ether oxygens (including phenoxy) is 2. The smallest absolute Gasteiger partial charge is 0.419 e. The van der Waals surface area contributed by atoms with Gasteiger partial charge in [0.15, 0.2) is 5.75 Å². The van der Waals surface area contributed by atoms with E-state index in [0.717, 1.165) is 98.6 Å². The highest BCUT2D eigenvalue weighted by atomic mass is 35.5. The predicted octanol–water partition coefficient (Wildman–Crippen LogP) is 17.5. The molecule has 13 heterocycles. The van der Waals surface area contributed by atoms with Crippen LogP contribution in [-0.2, 0) is 58.1 Å². The fraction of sp³-hybridized carbons (Fsp3) is 0.129. The van der Waals surface area contributed by atoms with E-state index in [2.05, 4.69) is 149 Å². The second kappa shape index (κ2) is 47.3. The number of phenolic OH excluding ortho intramolecular Hbond substituents is 1. The highest BCUT2D eigenvalue weighted by molar-refractivity contribution is 6.33. The average Bonchev–Trinajstić information content (AvgIpc) is 1.63. The summed E-state index contributed by atoms with van der Waals surface area (Å²) in [5.74, 6) is -1.78. The van der Waals surface area contributed by atoms with Gasteiger partial charge >= 0.3 is 18.4 Å². The number of rotatable bonds is 27. The summed E-state index contributed by atoms with van der Waals surface area (Å²) in [5.41, 5.74) is 22.7. The predicted molar refractivity (Wildman–Crippen MR) is 542 cm³/mol. The van der Waals surface area contributed by atoms with E-state index in [1.54, 1.807) is 110 Å². The molecule has 0 radical (unpaired) electrons. The highest BCUT2D eigenvalue weighted by Gasteiger charge is 2.36. The molecule has 0 spiro atoms. The van der Waals surface area contributed by atoms with Gasteiger partial charge in [0.25, 0.3) is 29.5 Å². The fourth-order valence-electron chi connectivity index (χ4n) is 15.2. The molecule has 7 aromatic carbocycles. The van der Waals surface area contributed by atoms with E-state index in [9.17, 15) is 65.3 Å². The number of hydrogen-bond donors (Lipinski definition) is 18. The minimum absolute atomic E-state index is 0.102. The number of phenols is 1. The van der Waals surface area contributed by atoms with Gasteiger partial charge in [-0.15, -0.1) is 0 Å². The van der Waals surface area contributed by atoms with E-state index in [4.69, 9.17) is 61.6 Å². The maximum atomic E-state index is 13.1. The first-order valence-corrected chi connectivity index (χ1v) is 46.5. The zero-order valence-electron chi connectivity index (χ0n) is 78.7. The molecule has 0 bridgehead atoms. The average molecular weight is 2120 g/mol. The van der Waals surface area contributed by atoms with Crippen LogP contribution in [0.15, 0.2) is 250 Å². The van der Waals surface area contributed by atoms with E-state index in [1.165, 1.54) is 55.2 Å². The topological polar surface area (TPSA) is 563 Å². The van der Waals surface area contributed by atoms with Gasteiger partial charge in [0.2, 0.25) is 0 Å². The van der Waals surface area contributed by atoms with Crippen molar-refractivity contribution in [1.82, 2.24) is 143 Å². The number of hydrogen-bond acceptors (Lipinski definition) is 23. The second-order valence-electron chi connectivity index (χ2n) is 33.2. The molecule has 1 aliphatic heterocycles. The van der Waals surface area contributed by atoms with E-state index >= 15 is 0 Å². The molecule has 0 aliphatic carbocycles. The molecule has 39 nitrogen and oxygen atoms in total. The standard InChI is InChI=1S/C25H25ClN6O2.C23H18ClF3N6O3.C20H17ClN6O2.C20H15F3N6O2.C13H10ClN5O/c1-32(2)14-18-5-4-16(10-20(18)26)19-13-28-31-24(19)21-11-22(30-29-21)25(33)27-12-15-3-6-23-17(9-15)7-8-34-23;1-28-22(35)36-19-6-5-13(8-16(19)24)15-11-30-33-20(15)17-9-18(32-31-17)21(34)29-10-12-3-2-4-14(7-12)23(25,26)27;21-16-7-13(1-2-14(16)11-28)15-10-24-27-19(15)17-8-18(26-25-17)20(29)23-9-12-3-5-22-6-4-12;21-20(22,23)14-7-12(1-2-17(14)30)13-10-26-29-18(13)15-8-16(28-27-15)19(31)25-9-11-3-5-24-6-4-11;14-8-3-1-2-7(4-8)9-6-16-19-12(9)10-5-11(13(15)20)18-17-10/h3-6,9-11,13H,7-8,12,14H2,1-2H3,(H,27,33)(H,28,31)(H,29,30);2-9,11H,10H2,1H3,(H,28,35)(H,29,34)(H,30,33)(H,31,32);1-8,10,28H,9,11H2,(H,23,29)(H,24,27)(H,25,26);1-8,10,30H,9H2,(H,25,31)(H,26,29)(H,27,28);1-6H,(H2,15,20)(H,16,19)(H,17,18). The fourth-order valence-corrected chi connectivity index (χ4v) is 16.1. The largest absolute Gasteiger partial charge is 0.507 e. The van der Waals surface area contributed by atoms with Gasteiger partial charge in [-0.25, -0.2) is 4.79 Å². The third-order valence-corrected chi connectivity index (χ3v) is 23.9. The van der Waals surface area contributed by atoms with Crippen molar-refractivity contribution in [1.29, 1.82) is 0 Å². The summed E-state index contributed by atoms with van der Waals surface area (Å²) in [6.45, 7) is 2.34. The van der Waals surface area contributed by atoms with Gasteiger partial charge < -0.3 is 56.9 Å². The zero-order chi connectivity index (χ0) is 106. The van der Waals surface area contributed by atoms with Crippen LogP contribution in [0.2, 0.25) is 20.1 Å². The van der Waals surface area contributed by atoms with Crippen LogP contribution in [0.3, 0.4) is 0 Å². The maximum Gasteiger partial charge on any atom is 0.419 e. The number of alkyl halides is 6. The number of aliphatic hydroxyl groups excluding tert-OH is 1. The third kappa shape index (κ3) is 26.0. The molecule has 19 aromatic rings. The molecule has 6 amide bonds. The first-order chi connectivity index (χ1) is 72.3. The number of carbonyl (C=O) groups is 6. The van der Waals surface area contributed by atoms with Crippen LogP contribution in [0.4, 0.5) is 31.1 Å². The number of benzene rings is 7. The molecule has 0 saturated heterocycles. The third-order valence-electron chi connectivity index (χ3n) is 22.7. The molecule has 0 fully saturated rings. The van der Waals surface area contributed by atoms with E-state index < -0.39 is 53.0 Å². The number of pyridine rings is 2. The van der Waals surface area contributed by atoms with E-state index in [0.29, 0.717) is 137 Å². The summed E-state index contributed by atoms with van der Waals surface area (Å²) in [7, 11) is 5.43. The van der Waals surface area contributed by atoms with Gasteiger partial charge in [-0.2, -0.15) is 77.3 Å². The Morgan fingerprint density at radius 1 is 0.427 bits per heavy atom. The Bertz CT molecular complexity index is 8030. The van der Waals surface area contributed by atoms with Crippen LogP contribution in [0, 0.1) is 0 Å². The van der Waals surface area contributed by atoms with Crippen LogP contribution in [-0.4, -0.2) is 190 Å². The number of H-pyrrole nitrogens is 10. The Hall–Kier alpha value is -18.2. The van der Waals surface area contributed by atoms with Crippen molar-refractivity contribution < 1.29 is 74.8 Å². The Labute approximate surface area is 865 Å². The molecular weight excluding hydrogens is 2040 g/mol. The Morgan fingerprint density at radius 2 is 0.820 bits per heavy atom. The number of primary amides is 1. The first-order valence-electron chi connectivity index (χ1n) is 45.0. The number of aliphatic hydroxyl groups is 1. The number of nitrogens with two attached hydrogens (primary N) is 1. The van der Waals surface area contributed by atoms with Crippen molar-refractivity contribution in [3.05, 3.63) is 349 Å². The zero-order valence-corrected chi connectivity index (χ0v) is 81.7. The van der Waals surface area contributed by atoms with E-state index in [-0.39, 0.29) is 58.4 Å². The van der Waals surface area contributed by atoms with Crippen molar-refractivity contribution in [2.75, 3.05) is 27.7 Å². The molecule has 20 rings (SSSR count). The lowest BCUT2D eigenvalue weighted by molar-refractivity contribution is -0.139. The summed E-state index contributed by atoms with van der Waals surface area (Å²) in [6.07, 6.45) is 5.60. The number of amides is 6. The second-order valence-corrected chi connectivity index (χ2v) is 34.9. The monoisotopic (exact) mass is 2120 g/mol. The molecule has 764 valence electrons. The summed E-state index contributed by atoms with van der Waals surface area (Å²) < 4.78 is 88.7. The summed E-state index contributed by atoms with van der Waals surface area (Å²) in [5, 5.41) is 103. The summed E-state index contributed by atoms with van der Waals surface area (Å²) in [4.78, 5) is 82.5. The number of fused-ring (bicyclic) bond motifs is 1. The Kier molecular flexibility index (Phi) is 33.0. The van der Waals surface area contributed by atoms with E-state index in [1.807, 2.05) is 80.8 Å². The van der Waals surface area contributed by atoms with Crippen LogP contribution in [0.1, 0.15) is 103 Å². The number of nitrogens with one attached hydrogen (secondary N) is 15. The number of aromatic nitrogens is 22. The molecule has 19 N–H and O–H groups in total. The first kappa shape index (κ1) is 105. The van der Waals surface area contributed by atoms with Gasteiger partial charge in [0.05, 0.1) is 88.8 Å². The SMILES string of the molecule is CN(C)Cc1ccc(-c2cn[nH]c2-c2cc(C(=O)NCc3ccc4c(c3)CCO4)[nH]n2)cc1Cl.CNC(=O)Oc1ccc(-c2cn[nH]c2-c2cc(C(=O)NCc3cccc(C(F)(F)F)c3)[nH]n2)cc1Cl.NC(=O)c1cc(-c2[nH]ncc2-c2cccc(Cl)c2)n[nH]1.O=C(NCc1ccncc1)c1cc(-c2[nH]ncc2-c2ccc(CO)c(Cl)c2)n[nH]1.O=C(NCc1ccncc1)c1cc(-c2[nH]ncc2-c2ccc(O)c(C(F)(F)F)c2)n[nH]1. The van der Waals surface area contributed by atoms with Crippen molar-refractivity contribution in [2.24, 2.45) is 5.73 Å². The van der Waals surface area contributed by atoms with Gasteiger partial charge in [0.1, 0.15) is 68.4 Å². The van der Waals surface area contributed by atoms with Gasteiger partial charge in [-0.05, 0) is 202 Å². The Morgan fingerprint density at radius 3 is 1.22 bits per heavy atom. The minimum atomic E-state index is -4.71. The molecule has 1 aliphatic rings. The molecule has 0 atom stereocenters. The molecular formula is C101H85Cl4F6N29O10. The number of halogens is 10. The molecule has 150 heavy (non-hydrogen) atoms. The van der Waals surface area contributed by atoms with Crippen LogP contribution < -0.4 is 41.8 Å². The molecule has 12 aromatic heterocycles. The van der Waals surface area contributed by atoms with Crippen LogP contribution >= 0.6 is 46.4 Å². The van der Waals surface area contributed by atoms with Gasteiger partial charge in [0, 0.05) is 114 Å². The van der Waals surface area contributed by atoms with Crippen LogP contribution in [0.25, 0.3) is 113 Å². The van der Waals surface area contributed by atoms with Gasteiger partial charge in [-0.1, -0.05) is 119 Å². The number of carbonyl (C=O) groups excluding carboxylic acids is 6. The number of aromatic hydroxyl groups is 1. The Balaban J connectivity index is 0.000000135.